The largest absolute Gasteiger partial charge is 0.473 e. The first-order valence-electron chi connectivity index (χ1n) is 8.59. The van der Waals surface area contributed by atoms with E-state index in [0.29, 0.717) is 6.61 Å². The maximum absolute atomic E-state index is 6.02. The Balaban J connectivity index is 2.07. The molecule has 0 amide bonds. The SMILES string of the molecule is C=C/C=C\C(=C/C)COc1cc(CNC)nn1CCc1ccccc1. The summed E-state index contributed by atoms with van der Waals surface area (Å²) in [6.07, 6.45) is 8.65. The van der Waals surface area contributed by atoms with Gasteiger partial charge in [-0.3, -0.25) is 0 Å². The predicted molar refractivity (Wildman–Crippen MR) is 104 cm³/mol. The summed E-state index contributed by atoms with van der Waals surface area (Å²) < 4.78 is 7.97. The van der Waals surface area contributed by atoms with Crippen molar-refractivity contribution in [1.82, 2.24) is 15.1 Å². The van der Waals surface area contributed by atoms with Crippen molar-refractivity contribution in [3.05, 3.63) is 84.1 Å². The Kier molecular flexibility index (Phi) is 7.73. The molecule has 0 radical (unpaired) electrons. The number of aromatic nitrogens is 2. The van der Waals surface area contributed by atoms with Crippen LogP contribution in [-0.2, 0) is 19.5 Å². The number of benzene rings is 1. The van der Waals surface area contributed by atoms with Gasteiger partial charge in [0.15, 0.2) is 0 Å². The minimum Gasteiger partial charge on any atom is -0.473 e. The van der Waals surface area contributed by atoms with Crippen molar-refractivity contribution in [2.75, 3.05) is 13.7 Å². The molecule has 1 aromatic carbocycles. The van der Waals surface area contributed by atoms with Gasteiger partial charge in [0.2, 0.25) is 5.88 Å². The molecule has 0 aliphatic carbocycles. The molecule has 1 N–H and O–H groups in total. The molecule has 4 heteroatoms. The van der Waals surface area contributed by atoms with Crippen LogP contribution in [0.2, 0.25) is 0 Å². The molecule has 4 nitrogen and oxygen atoms in total. The zero-order chi connectivity index (χ0) is 17.9. The molecular formula is C21H27N3O. The van der Waals surface area contributed by atoms with Crippen LogP contribution >= 0.6 is 0 Å². The van der Waals surface area contributed by atoms with E-state index >= 15 is 0 Å². The van der Waals surface area contributed by atoms with Gasteiger partial charge in [-0.05, 0) is 31.5 Å². The average Bonchev–Trinajstić information content (AvgIpc) is 3.03. The number of nitrogens with one attached hydrogen (secondary N) is 1. The van der Waals surface area contributed by atoms with E-state index < -0.39 is 0 Å². The topological polar surface area (TPSA) is 39.1 Å². The first kappa shape index (κ1) is 18.7. The lowest BCUT2D eigenvalue weighted by molar-refractivity contribution is 0.313. The molecule has 0 bridgehead atoms. The number of allylic oxidation sites excluding steroid dienone is 3. The molecule has 132 valence electrons. The lowest BCUT2D eigenvalue weighted by atomic mass is 10.1. The summed E-state index contributed by atoms with van der Waals surface area (Å²) in [5, 5.41) is 7.79. The van der Waals surface area contributed by atoms with E-state index in [-0.39, 0.29) is 0 Å². The third-order valence-electron chi connectivity index (χ3n) is 3.81. The zero-order valence-corrected chi connectivity index (χ0v) is 15.1. The van der Waals surface area contributed by atoms with Crippen LogP contribution < -0.4 is 10.1 Å². The van der Waals surface area contributed by atoms with Gasteiger partial charge in [0.1, 0.15) is 6.61 Å². The Labute approximate surface area is 150 Å². The third-order valence-corrected chi connectivity index (χ3v) is 3.81. The zero-order valence-electron chi connectivity index (χ0n) is 15.1. The Hall–Kier alpha value is -2.59. The molecule has 1 aromatic heterocycles. The second kappa shape index (κ2) is 10.3. The first-order chi connectivity index (χ1) is 12.3. The van der Waals surface area contributed by atoms with E-state index in [1.54, 1.807) is 6.08 Å². The van der Waals surface area contributed by atoms with E-state index in [2.05, 4.69) is 41.3 Å². The van der Waals surface area contributed by atoms with Crippen molar-refractivity contribution in [2.45, 2.75) is 26.4 Å². The predicted octanol–water partition coefficient (Wildman–Crippen LogP) is 3.91. The summed E-state index contributed by atoms with van der Waals surface area (Å²) in [7, 11) is 1.92. The first-order valence-corrected chi connectivity index (χ1v) is 8.59. The highest BCUT2D eigenvalue weighted by Gasteiger charge is 2.09. The highest BCUT2D eigenvalue weighted by Crippen LogP contribution is 2.16. The lowest BCUT2D eigenvalue weighted by Crippen LogP contribution is -2.10. The van der Waals surface area contributed by atoms with Crippen LogP contribution in [-0.4, -0.2) is 23.4 Å². The Morgan fingerprint density at radius 3 is 2.80 bits per heavy atom. The van der Waals surface area contributed by atoms with Crippen LogP contribution in [0.3, 0.4) is 0 Å². The molecule has 2 rings (SSSR count). The molecular weight excluding hydrogens is 310 g/mol. The molecule has 0 atom stereocenters. The maximum Gasteiger partial charge on any atom is 0.212 e. The monoisotopic (exact) mass is 337 g/mol. The standard InChI is InChI=1S/C21H27N3O/c1-4-6-10-18(5-2)17-25-21-15-20(16-22-3)23-24(21)14-13-19-11-8-7-9-12-19/h4-12,15,22H,1,13-14,16-17H2,2-3H3/b10-6-,18-5+. The summed E-state index contributed by atoms with van der Waals surface area (Å²) in [6.45, 7) is 7.73. The van der Waals surface area contributed by atoms with Gasteiger partial charge in [0.25, 0.3) is 0 Å². The van der Waals surface area contributed by atoms with E-state index in [9.17, 15) is 0 Å². The van der Waals surface area contributed by atoms with Crippen molar-refractivity contribution < 1.29 is 4.74 Å². The fourth-order valence-corrected chi connectivity index (χ4v) is 2.45. The molecule has 0 unspecified atom stereocenters. The number of nitrogens with zero attached hydrogens (tertiary/aromatic N) is 2. The molecule has 0 saturated carbocycles. The van der Waals surface area contributed by atoms with Crippen molar-refractivity contribution in [1.29, 1.82) is 0 Å². The van der Waals surface area contributed by atoms with Gasteiger partial charge in [-0.25, -0.2) is 4.68 Å². The second-order valence-electron chi connectivity index (χ2n) is 5.71. The van der Waals surface area contributed by atoms with Gasteiger partial charge in [0.05, 0.1) is 5.69 Å². The second-order valence-corrected chi connectivity index (χ2v) is 5.71. The van der Waals surface area contributed by atoms with Gasteiger partial charge in [-0.15, -0.1) is 0 Å². The van der Waals surface area contributed by atoms with Gasteiger partial charge >= 0.3 is 0 Å². The average molecular weight is 337 g/mol. The van der Waals surface area contributed by atoms with Gasteiger partial charge in [0, 0.05) is 19.2 Å². The van der Waals surface area contributed by atoms with Crippen LogP contribution in [0.4, 0.5) is 0 Å². The summed E-state index contributed by atoms with van der Waals surface area (Å²) in [5.41, 5.74) is 3.38. The van der Waals surface area contributed by atoms with E-state index in [4.69, 9.17) is 4.74 Å². The summed E-state index contributed by atoms with van der Waals surface area (Å²) in [5.74, 6) is 0.799. The summed E-state index contributed by atoms with van der Waals surface area (Å²) in [6, 6.07) is 12.4. The summed E-state index contributed by atoms with van der Waals surface area (Å²) in [4.78, 5) is 0. The quantitative estimate of drug-likeness (QED) is 0.668. The number of hydrogen-bond donors (Lipinski definition) is 1. The number of hydrogen-bond acceptors (Lipinski definition) is 3. The van der Waals surface area contributed by atoms with Crippen molar-refractivity contribution in [2.24, 2.45) is 0 Å². The summed E-state index contributed by atoms with van der Waals surface area (Å²) >= 11 is 0. The molecule has 0 fully saturated rings. The van der Waals surface area contributed by atoms with Gasteiger partial charge in [-0.2, -0.15) is 5.10 Å². The van der Waals surface area contributed by atoms with Crippen LogP contribution in [0.15, 0.2) is 72.9 Å². The molecule has 0 aliphatic heterocycles. The van der Waals surface area contributed by atoms with Crippen LogP contribution in [0.5, 0.6) is 5.88 Å². The molecule has 1 heterocycles. The van der Waals surface area contributed by atoms with Crippen molar-refractivity contribution in [3.8, 4) is 5.88 Å². The lowest BCUT2D eigenvalue weighted by Gasteiger charge is -2.10. The minimum absolute atomic E-state index is 0.511. The van der Waals surface area contributed by atoms with E-state index in [1.165, 1.54) is 5.56 Å². The molecule has 0 aliphatic rings. The Morgan fingerprint density at radius 2 is 2.12 bits per heavy atom. The van der Waals surface area contributed by atoms with Gasteiger partial charge in [-0.1, -0.05) is 61.2 Å². The van der Waals surface area contributed by atoms with E-state index in [0.717, 1.165) is 36.7 Å². The number of ether oxygens (including phenoxy) is 1. The fraction of sp³-hybridized carbons (Fsp3) is 0.286. The fourth-order valence-electron chi connectivity index (χ4n) is 2.45. The minimum atomic E-state index is 0.511. The van der Waals surface area contributed by atoms with Crippen LogP contribution in [0, 0.1) is 0 Å². The third kappa shape index (κ3) is 6.08. The normalized spacial score (nSPS) is 11.8. The van der Waals surface area contributed by atoms with Crippen LogP contribution in [0.1, 0.15) is 18.2 Å². The Bertz CT molecular complexity index is 714. The van der Waals surface area contributed by atoms with Crippen LogP contribution in [0.25, 0.3) is 0 Å². The van der Waals surface area contributed by atoms with E-state index in [1.807, 2.05) is 49.0 Å². The van der Waals surface area contributed by atoms with Gasteiger partial charge < -0.3 is 10.1 Å². The number of aryl methyl sites for hydroxylation is 2. The van der Waals surface area contributed by atoms with Crippen molar-refractivity contribution in [3.63, 3.8) is 0 Å². The van der Waals surface area contributed by atoms with Crippen molar-refractivity contribution >= 4 is 0 Å². The Morgan fingerprint density at radius 1 is 1.32 bits per heavy atom. The molecule has 2 aromatic rings. The highest BCUT2D eigenvalue weighted by molar-refractivity contribution is 5.24. The molecule has 0 spiro atoms. The number of rotatable bonds is 10. The highest BCUT2D eigenvalue weighted by atomic mass is 16.5. The smallest absolute Gasteiger partial charge is 0.212 e. The molecule has 25 heavy (non-hydrogen) atoms. The molecule has 0 saturated heterocycles. The maximum atomic E-state index is 6.02.